The second-order valence-corrected chi connectivity index (χ2v) is 3.54. The molecule has 0 aliphatic rings. The standard InChI is InChI=1S/C9H10ClN5/c1-15(2)9-13-7(12-8(10)14-9)6-4-3-5-11-6/h3-5,11H,1-2H3. The smallest absolute Gasteiger partial charge is 0.229 e. The van der Waals surface area contributed by atoms with Gasteiger partial charge in [-0.2, -0.15) is 15.0 Å². The number of nitrogens with zero attached hydrogens (tertiary/aromatic N) is 4. The number of hydrogen-bond acceptors (Lipinski definition) is 4. The third kappa shape index (κ3) is 2.07. The van der Waals surface area contributed by atoms with E-state index in [-0.39, 0.29) is 5.28 Å². The topological polar surface area (TPSA) is 57.7 Å². The molecule has 0 amide bonds. The van der Waals surface area contributed by atoms with E-state index in [0.717, 1.165) is 5.69 Å². The van der Waals surface area contributed by atoms with Gasteiger partial charge < -0.3 is 9.88 Å². The van der Waals surface area contributed by atoms with Crippen LogP contribution in [0, 0.1) is 0 Å². The molecule has 6 heteroatoms. The zero-order valence-corrected chi connectivity index (χ0v) is 9.15. The number of hydrogen-bond donors (Lipinski definition) is 1. The average Bonchev–Trinajstić information content (AvgIpc) is 2.69. The largest absolute Gasteiger partial charge is 0.359 e. The van der Waals surface area contributed by atoms with Gasteiger partial charge in [-0.15, -0.1) is 0 Å². The molecule has 15 heavy (non-hydrogen) atoms. The molecule has 1 N–H and O–H groups in total. The molecule has 0 radical (unpaired) electrons. The highest BCUT2D eigenvalue weighted by Crippen LogP contribution is 2.16. The monoisotopic (exact) mass is 223 g/mol. The van der Waals surface area contributed by atoms with E-state index in [9.17, 15) is 0 Å². The zero-order chi connectivity index (χ0) is 10.8. The van der Waals surface area contributed by atoms with Crippen LogP contribution in [0.4, 0.5) is 5.95 Å². The summed E-state index contributed by atoms with van der Waals surface area (Å²) in [4.78, 5) is 17.1. The maximum atomic E-state index is 5.81. The van der Waals surface area contributed by atoms with Crippen molar-refractivity contribution in [1.29, 1.82) is 0 Å². The van der Waals surface area contributed by atoms with Crippen LogP contribution in [0.3, 0.4) is 0 Å². The first-order valence-corrected chi connectivity index (χ1v) is 4.77. The molecule has 0 fully saturated rings. The molecular weight excluding hydrogens is 214 g/mol. The fourth-order valence-corrected chi connectivity index (χ4v) is 1.29. The molecule has 2 aromatic rings. The van der Waals surface area contributed by atoms with Gasteiger partial charge in [-0.3, -0.25) is 0 Å². The van der Waals surface area contributed by atoms with Crippen LogP contribution < -0.4 is 4.90 Å². The van der Waals surface area contributed by atoms with E-state index in [4.69, 9.17) is 11.6 Å². The van der Waals surface area contributed by atoms with Crippen molar-refractivity contribution in [3.63, 3.8) is 0 Å². The van der Waals surface area contributed by atoms with Crippen LogP contribution >= 0.6 is 11.6 Å². The van der Waals surface area contributed by atoms with Gasteiger partial charge in [-0.05, 0) is 23.7 Å². The number of nitrogens with one attached hydrogen (secondary N) is 1. The Hall–Kier alpha value is -1.62. The molecular formula is C9H10ClN5. The molecule has 2 aromatic heterocycles. The highest BCUT2D eigenvalue weighted by atomic mass is 35.5. The van der Waals surface area contributed by atoms with Crippen LogP contribution in [-0.2, 0) is 0 Å². The average molecular weight is 224 g/mol. The molecule has 0 aliphatic carbocycles. The molecule has 0 atom stereocenters. The van der Waals surface area contributed by atoms with Gasteiger partial charge in [0.1, 0.15) is 0 Å². The molecule has 0 saturated heterocycles. The molecule has 2 heterocycles. The zero-order valence-electron chi connectivity index (χ0n) is 8.40. The first kappa shape index (κ1) is 9.92. The number of H-pyrrole nitrogens is 1. The second-order valence-electron chi connectivity index (χ2n) is 3.21. The third-order valence-corrected chi connectivity index (χ3v) is 2.00. The lowest BCUT2D eigenvalue weighted by molar-refractivity contribution is 0.958. The lowest BCUT2D eigenvalue weighted by Crippen LogP contribution is -2.13. The Kier molecular flexibility index (Phi) is 2.55. The first-order valence-electron chi connectivity index (χ1n) is 4.39. The minimum Gasteiger partial charge on any atom is -0.359 e. The summed E-state index contributed by atoms with van der Waals surface area (Å²) in [6, 6.07) is 3.76. The molecule has 5 nitrogen and oxygen atoms in total. The van der Waals surface area contributed by atoms with Gasteiger partial charge in [0.25, 0.3) is 0 Å². The van der Waals surface area contributed by atoms with Gasteiger partial charge in [0.05, 0.1) is 5.69 Å². The Morgan fingerprint density at radius 3 is 2.67 bits per heavy atom. The Bertz CT molecular complexity index is 452. The summed E-state index contributed by atoms with van der Waals surface area (Å²) in [5.74, 6) is 1.09. The fraction of sp³-hybridized carbons (Fsp3) is 0.222. The van der Waals surface area contributed by atoms with Crippen molar-refractivity contribution in [2.24, 2.45) is 0 Å². The SMILES string of the molecule is CN(C)c1nc(Cl)nc(-c2ccc[nH]2)n1. The van der Waals surface area contributed by atoms with Gasteiger partial charge in [0, 0.05) is 20.3 Å². The lowest BCUT2D eigenvalue weighted by atomic mass is 10.4. The quantitative estimate of drug-likeness (QED) is 0.840. The molecule has 0 aromatic carbocycles. The van der Waals surface area contributed by atoms with Crippen molar-refractivity contribution < 1.29 is 0 Å². The summed E-state index contributed by atoms with van der Waals surface area (Å²) < 4.78 is 0. The van der Waals surface area contributed by atoms with E-state index in [1.54, 1.807) is 4.90 Å². The predicted molar refractivity (Wildman–Crippen MR) is 59.0 cm³/mol. The van der Waals surface area contributed by atoms with Gasteiger partial charge in [-0.25, -0.2) is 0 Å². The number of aromatic amines is 1. The summed E-state index contributed by atoms with van der Waals surface area (Å²) >= 11 is 5.81. The van der Waals surface area contributed by atoms with Crippen LogP contribution in [0.1, 0.15) is 0 Å². The van der Waals surface area contributed by atoms with Crippen LogP contribution in [0.25, 0.3) is 11.5 Å². The van der Waals surface area contributed by atoms with Crippen molar-refractivity contribution in [1.82, 2.24) is 19.9 Å². The fourth-order valence-electron chi connectivity index (χ4n) is 1.13. The van der Waals surface area contributed by atoms with Gasteiger partial charge in [0.2, 0.25) is 11.2 Å². The van der Waals surface area contributed by atoms with E-state index in [0.29, 0.717) is 11.8 Å². The molecule has 0 unspecified atom stereocenters. The Morgan fingerprint density at radius 2 is 2.07 bits per heavy atom. The van der Waals surface area contributed by atoms with Crippen LogP contribution in [-0.4, -0.2) is 34.0 Å². The van der Waals surface area contributed by atoms with Crippen molar-refractivity contribution in [2.45, 2.75) is 0 Å². The Labute approximate surface area is 92.1 Å². The van der Waals surface area contributed by atoms with E-state index in [2.05, 4.69) is 19.9 Å². The highest BCUT2D eigenvalue weighted by Gasteiger charge is 2.08. The second kappa shape index (κ2) is 3.86. The molecule has 0 aliphatic heterocycles. The Balaban J connectivity index is 2.49. The maximum Gasteiger partial charge on any atom is 0.229 e. The molecule has 0 bridgehead atoms. The minimum atomic E-state index is 0.193. The molecule has 0 saturated carbocycles. The normalized spacial score (nSPS) is 10.3. The number of rotatable bonds is 2. The van der Waals surface area contributed by atoms with Crippen molar-refractivity contribution in [2.75, 3.05) is 19.0 Å². The summed E-state index contributed by atoms with van der Waals surface area (Å²) in [6.07, 6.45) is 1.81. The highest BCUT2D eigenvalue weighted by molar-refractivity contribution is 6.28. The van der Waals surface area contributed by atoms with Gasteiger partial charge >= 0.3 is 0 Å². The third-order valence-electron chi connectivity index (χ3n) is 1.84. The van der Waals surface area contributed by atoms with Crippen LogP contribution in [0.2, 0.25) is 5.28 Å². The summed E-state index contributed by atoms with van der Waals surface area (Å²) in [5.41, 5.74) is 0.822. The number of anilines is 1. The van der Waals surface area contributed by atoms with Crippen LogP contribution in [0.15, 0.2) is 18.3 Å². The number of halogens is 1. The van der Waals surface area contributed by atoms with E-state index in [1.807, 2.05) is 32.4 Å². The summed E-state index contributed by atoms with van der Waals surface area (Å²) in [6.45, 7) is 0. The summed E-state index contributed by atoms with van der Waals surface area (Å²) in [7, 11) is 3.70. The Morgan fingerprint density at radius 1 is 1.27 bits per heavy atom. The van der Waals surface area contributed by atoms with E-state index >= 15 is 0 Å². The van der Waals surface area contributed by atoms with Crippen molar-refractivity contribution >= 4 is 17.5 Å². The van der Waals surface area contributed by atoms with Crippen LogP contribution in [0.5, 0.6) is 0 Å². The van der Waals surface area contributed by atoms with Crippen molar-refractivity contribution in [3.05, 3.63) is 23.6 Å². The van der Waals surface area contributed by atoms with E-state index < -0.39 is 0 Å². The van der Waals surface area contributed by atoms with Gasteiger partial charge in [-0.1, -0.05) is 0 Å². The minimum absolute atomic E-state index is 0.193. The van der Waals surface area contributed by atoms with Crippen molar-refractivity contribution in [3.8, 4) is 11.5 Å². The number of aromatic nitrogens is 4. The molecule has 0 spiro atoms. The predicted octanol–water partition coefficient (Wildman–Crippen LogP) is 1.59. The lowest BCUT2D eigenvalue weighted by Gasteiger charge is -2.10. The van der Waals surface area contributed by atoms with Gasteiger partial charge in [0.15, 0.2) is 5.82 Å². The first-order chi connectivity index (χ1) is 7.16. The van der Waals surface area contributed by atoms with E-state index in [1.165, 1.54) is 0 Å². The summed E-state index contributed by atoms with van der Waals surface area (Å²) in [5, 5.41) is 0.193. The maximum absolute atomic E-state index is 5.81. The molecule has 2 rings (SSSR count). The molecule has 78 valence electrons.